The number of rotatable bonds is 10. The third-order valence-electron chi connectivity index (χ3n) is 8.06. The minimum Gasteiger partial charge on any atom is -0.497 e. The average Bonchev–Trinajstić information content (AvgIpc) is 3.37. The van der Waals surface area contributed by atoms with Gasteiger partial charge in [-0.3, -0.25) is 0 Å². The second kappa shape index (κ2) is 10.9. The maximum Gasteiger partial charge on any atom is 0.118 e. The van der Waals surface area contributed by atoms with E-state index in [1.807, 2.05) is 0 Å². The van der Waals surface area contributed by atoms with Crippen molar-refractivity contribution in [2.75, 3.05) is 7.11 Å². The lowest BCUT2D eigenvalue weighted by molar-refractivity contribution is 0.414. The van der Waals surface area contributed by atoms with Gasteiger partial charge in [0.1, 0.15) is 5.75 Å². The lowest BCUT2D eigenvalue weighted by Crippen LogP contribution is -2.09. The van der Waals surface area contributed by atoms with Gasteiger partial charge in [0.05, 0.1) is 7.11 Å². The van der Waals surface area contributed by atoms with Gasteiger partial charge in [0, 0.05) is 52.2 Å². The molecule has 0 N–H and O–H groups in total. The Morgan fingerprint density at radius 2 is 1.11 bits per heavy atom. The van der Waals surface area contributed by atoms with Crippen molar-refractivity contribution in [3.8, 4) is 5.75 Å². The van der Waals surface area contributed by atoms with Crippen LogP contribution in [0.4, 0.5) is 0 Å². The van der Waals surface area contributed by atoms with Gasteiger partial charge in [-0.2, -0.15) is 0 Å². The highest BCUT2D eigenvalue weighted by Gasteiger charge is 2.29. The first-order chi connectivity index (χ1) is 18.1. The maximum absolute atomic E-state index is 5.54. The zero-order valence-electron chi connectivity index (χ0n) is 23.1. The van der Waals surface area contributed by atoms with Gasteiger partial charge in [-0.15, -0.1) is 0 Å². The molecular formula is C34H40N2O. The van der Waals surface area contributed by atoms with Gasteiger partial charge >= 0.3 is 0 Å². The predicted octanol–water partition coefficient (Wildman–Crippen LogP) is 9.00. The summed E-state index contributed by atoms with van der Waals surface area (Å²) in [6, 6.07) is 26.7. The van der Waals surface area contributed by atoms with E-state index in [-0.39, 0.29) is 5.92 Å². The molecule has 3 aromatic carbocycles. The quantitative estimate of drug-likeness (QED) is 0.190. The predicted molar refractivity (Wildman–Crippen MR) is 157 cm³/mol. The molecule has 5 rings (SSSR count). The Hall–Kier alpha value is -3.46. The Kier molecular flexibility index (Phi) is 7.41. The van der Waals surface area contributed by atoms with Crippen molar-refractivity contribution in [1.82, 2.24) is 9.13 Å². The van der Waals surface area contributed by atoms with E-state index in [9.17, 15) is 0 Å². The van der Waals surface area contributed by atoms with Crippen LogP contribution in [0.3, 0.4) is 0 Å². The second-order valence-electron chi connectivity index (χ2n) is 10.2. The van der Waals surface area contributed by atoms with Gasteiger partial charge in [-0.05, 0) is 67.6 Å². The highest BCUT2D eigenvalue weighted by Crippen LogP contribution is 2.44. The minimum atomic E-state index is 0.131. The SMILES string of the molecule is CCCCn1c(C)c(C(c2ccc(OC)cc2)c2c(C)n(CCCC)c3ccccc23)c2ccccc21. The molecule has 3 nitrogen and oxygen atoms in total. The number of methoxy groups -OCH3 is 1. The summed E-state index contributed by atoms with van der Waals surface area (Å²) in [5.74, 6) is 1.03. The Morgan fingerprint density at radius 3 is 1.54 bits per heavy atom. The van der Waals surface area contributed by atoms with Crippen LogP contribution >= 0.6 is 0 Å². The van der Waals surface area contributed by atoms with Crippen molar-refractivity contribution in [2.45, 2.75) is 72.4 Å². The molecule has 3 heteroatoms. The van der Waals surface area contributed by atoms with Gasteiger partial charge in [-0.1, -0.05) is 75.2 Å². The van der Waals surface area contributed by atoms with Crippen molar-refractivity contribution >= 4 is 21.8 Å². The summed E-state index contributed by atoms with van der Waals surface area (Å²) < 4.78 is 10.6. The van der Waals surface area contributed by atoms with Crippen LogP contribution < -0.4 is 4.74 Å². The number of hydrogen-bond donors (Lipinski definition) is 0. The van der Waals surface area contributed by atoms with Crippen molar-refractivity contribution in [2.24, 2.45) is 0 Å². The van der Waals surface area contributed by atoms with Crippen molar-refractivity contribution in [1.29, 1.82) is 0 Å². The highest BCUT2D eigenvalue weighted by molar-refractivity contribution is 5.91. The topological polar surface area (TPSA) is 19.1 Å². The molecule has 5 aromatic rings. The molecule has 0 unspecified atom stereocenters. The van der Waals surface area contributed by atoms with Gasteiger partial charge in [-0.25, -0.2) is 0 Å². The standard InChI is InChI=1S/C34H40N2O/c1-6-8-22-35-24(3)32(28-14-10-12-16-30(28)35)34(26-18-20-27(37-5)21-19-26)33-25(4)36(23-9-7-2)31-17-13-11-15-29(31)33/h10-21,34H,6-9,22-23H2,1-5H3. The lowest BCUT2D eigenvalue weighted by Gasteiger charge is -2.21. The van der Waals surface area contributed by atoms with Crippen LogP contribution in [-0.4, -0.2) is 16.2 Å². The summed E-state index contributed by atoms with van der Waals surface area (Å²) in [4.78, 5) is 0. The van der Waals surface area contributed by atoms with E-state index in [1.54, 1.807) is 7.11 Å². The third kappa shape index (κ3) is 4.45. The van der Waals surface area contributed by atoms with Crippen LogP contribution in [0.25, 0.3) is 21.8 Å². The highest BCUT2D eigenvalue weighted by atomic mass is 16.5. The summed E-state index contributed by atoms with van der Waals surface area (Å²) in [5.41, 5.74) is 9.60. The summed E-state index contributed by atoms with van der Waals surface area (Å²) in [6.07, 6.45) is 4.74. The fourth-order valence-electron chi connectivity index (χ4n) is 6.13. The van der Waals surface area contributed by atoms with Crippen LogP contribution in [0.1, 0.15) is 73.5 Å². The van der Waals surface area contributed by atoms with Crippen LogP contribution in [-0.2, 0) is 13.1 Å². The zero-order chi connectivity index (χ0) is 25.9. The summed E-state index contributed by atoms with van der Waals surface area (Å²) in [6.45, 7) is 11.3. The van der Waals surface area contributed by atoms with E-state index in [0.29, 0.717) is 0 Å². The zero-order valence-corrected chi connectivity index (χ0v) is 23.1. The molecule has 0 saturated carbocycles. The molecule has 0 amide bonds. The Bertz CT molecular complexity index is 1410. The molecule has 0 saturated heterocycles. The molecular weight excluding hydrogens is 452 g/mol. The molecule has 2 heterocycles. The summed E-state index contributed by atoms with van der Waals surface area (Å²) in [5, 5.41) is 2.73. The van der Waals surface area contributed by atoms with E-state index in [1.165, 1.54) is 75.6 Å². The molecule has 0 radical (unpaired) electrons. The Labute approximate surface area is 221 Å². The number of fused-ring (bicyclic) bond motifs is 2. The van der Waals surface area contributed by atoms with Crippen LogP contribution in [0, 0.1) is 13.8 Å². The fourth-order valence-corrected chi connectivity index (χ4v) is 6.13. The van der Waals surface area contributed by atoms with Crippen LogP contribution in [0.2, 0.25) is 0 Å². The van der Waals surface area contributed by atoms with Crippen molar-refractivity contribution < 1.29 is 4.74 Å². The van der Waals surface area contributed by atoms with Gasteiger partial charge in [0.2, 0.25) is 0 Å². The van der Waals surface area contributed by atoms with Crippen molar-refractivity contribution in [3.63, 3.8) is 0 Å². The van der Waals surface area contributed by atoms with E-state index >= 15 is 0 Å². The smallest absolute Gasteiger partial charge is 0.118 e. The Morgan fingerprint density at radius 1 is 0.649 bits per heavy atom. The Balaban J connectivity index is 1.84. The summed E-state index contributed by atoms with van der Waals surface area (Å²) in [7, 11) is 1.74. The van der Waals surface area contributed by atoms with Gasteiger partial charge in [0.15, 0.2) is 0 Å². The number of hydrogen-bond acceptors (Lipinski definition) is 1. The molecule has 0 bridgehead atoms. The van der Waals surface area contributed by atoms with Gasteiger partial charge < -0.3 is 13.9 Å². The second-order valence-corrected chi connectivity index (χ2v) is 10.2. The fraction of sp³-hybridized carbons (Fsp3) is 0.353. The maximum atomic E-state index is 5.54. The molecule has 192 valence electrons. The first-order valence-electron chi connectivity index (χ1n) is 13.9. The normalized spacial score (nSPS) is 11.7. The molecule has 0 fully saturated rings. The number of aromatic nitrogens is 2. The molecule has 37 heavy (non-hydrogen) atoms. The molecule has 0 aliphatic carbocycles. The van der Waals surface area contributed by atoms with Crippen LogP contribution in [0.15, 0.2) is 72.8 Å². The van der Waals surface area contributed by atoms with Crippen molar-refractivity contribution in [3.05, 3.63) is 101 Å². The van der Waals surface area contributed by atoms with Gasteiger partial charge in [0.25, 0.3) is 0 Å². The number of benzene rings is 3. The molecule has 0 aliphatic rings. The molecule has 0 spiro atoms. The first-order valence-corrected chi connectivity index (χ1v) is 13.9. The van der Waals surface area contributed by atoms with Crippen LogP contribution in [0.5, 0.6) is 5.75 Å². The van der Waals surface area contributed by atoms with E-state index in [2.05, 4.69) is 110 Å². The lowest BCUT2D eigenvalue weighted by atomic mass is 9.82. The molecule has 2 aromatic heterocycles. The number of ether oxygens (including phenoxy) is 1. The largest absolute Gasteiger partial charge is 0.497 e. The number of aryl methyl sites for hydroxylation is 2. The average molecular weight is 493 g/mol. The summed E-state index contributed by atoms with van der Waals surface area (Å²) >= 11 is 0. The monoisotopic (exact) mass is 492 g/mol. The molecule has 0 atom stereocenters. The number of unbranched alkanes of at least 4 members (excludes halogenated alkanes) is 2. The van der Waals surface area contributed by atoms with E-state index in [0.717, 1.165) is 18.8 Å². The first kappa shape index (κ1) is 25.2. The van der Waals surface area contributed by atoms with E-state index < -0.39 is 0 Å². The van der Waals surface area contributed by atoms with E-state index in [4.69, 9.17) is 4.74 Å². The minimum absolute atomic E-state index is 0.131. The molecule has 0 aliphatic heterocycles. The number of para-hydroxylation sites is 2. The number of nitrogens with zero attached hydrogens (tertiary/aromatic N) is 2. The third-order valence-corrected chi connectivity index (χ3v) is 8.06.